The van der Waals surface area contributed by atoms with Crippen molar-refractivity contribution in [2.45, 2.75) is 20.8 Å². The molecule has 2 rings (SSSR count). The van der Waals surface area contributed by atoms with Gasteiger partial charge in [0.05, 0.1) is 6.26 Å². The van der Waals surface area contributed by atoms with Crippen molar-refractivity contribution in [3.8, 4) is 0 Å². The minimum absolute atomic E-state index is 0.996. The molecule has 1 nitrogen and oxygen atoms in total. The third-order valence-corrected chi connectivity index (χ3v) is 2.60. The maximum Gasteiger partial charge on any atom is 0.134 e. The second kappa shape index (κ2) is 2.37. The Balaban J connectivity index is 2.94. The molecule has 0 radical (unpaired) electrons. The van der Waals surface area contributed by atoms with Crippen LogP contribution >= 0.6 is 0 Å². The van der Waals surface area contributed by atoms with Crippen molar-refractivity contribution in [1.29, 1.82) is 0 Å². The summed E-state index contributed by atoms with van der Waals surface area (Å²) in [6, 6.07) is 4.12. The van der Waals surface area contributed by atoms with Crippen LogP contribution in [0.25, 0.3) is 11.0 Å². The fourth-order valence-electron chi connectivity index (χ4n) is 1.55. The van der Waals surface area contributed by atoms with E-state index in [-0.39, 0.29) is 0 Å². The van der Waals surface area contributed by atoms with Gasteiger partial charge >= 0.3 is 0 Å². The zero-order valence-electron chi connectivity index (χ0n) is 7.64. The zero-order valence-corrected chi connectivity index (χ0v) is 7.64. The average molecular weight is 160 g/mol. The molecule has 0 fully saturated rings. The van der Waals surface area contributed by atoms with Crippen molar-refractivity contribution >= 4 is 11.0 Å². The number of furan rings is 1. The van der Waals surface area contributed by atoms with E-state index < -0.39 is 0 Å². The Morgan fingerprint density at radius 3 is 2.58 bits per heavy atom. The summed E-state index contributed by atoms with van der Waals surface area (Å²) in [5, 5.41) is 1.23. The summed E-state index contributed by atoms with van der Waals surface area (Å²) in [6.07, 6.45) is 1.75. The number of aryl methyl sites for hydroxylation is 2. The molecule has 1 heteroatoms. The predicted molar refractivity (Wildman–Crippen MR) is 50.4 cm³/mol. The number of fused-ring (bicyclic) bond motifs is 1. The molecule has 0 atom stereocenters. The van der Waals surface area contributed by atoms with Gasteiger partial charge in [0.2, 0.25) is 0 Å². The van der Waals surface area contributed by atoms with Gasteiger partial charge in [-0.15, -0.1) is 0 Å². The van der Waals surface area contributed by atoms with E-state index in [1.165, 1.54) is 22.1 Å². The molecule has 1 aromatic carbocycles. The molecule has 0 amide bonds. The smallest absolute Gasteiger partial charge is 0.134 e. The Bertz CT molecular complexity index is 424. The first-order valence-corrected chi connectivity index (χ1v) is 4.14. The molecule has 0 aliphatic carbocycles. The maximum absolute atomic E-state index is 5.33. The molecule has 1 heterocycles. The van der Waals surface area contributed by atoms with Gasteiger partial charge in [-0.1, -0.05) is 0 Å². The van der Waals surface area contributed by atoms with Crippen LogP contribution in [0.1, 0.15) is 16.7 Å². The van der Waals surface area contributed by atoms with Crippen LogP contribution in [0.3, 0.4) is 0 Å². The van der Waals surface area contributed by atoms with Crippen molar-refractivity contribution in [2.24, 2.45) is 0 Å². The van der Waals surface area contributed by atoms with Crippen LogP contribution in [0.5, 0.6) is 0 Å². The number of benzene rings is 1. The van der Waals surface area contributed by atoms with Crippen LogP contribution in [-0.4, -0.2) is 0 Å². The topological polar surface area (TPSA) is 13.1 Å². The second-order valence-corrected chi connectivity index (χ2v) is 3.28. The van der Waals surface area contributed by atoms with Gasteiger partial charge in [-0.3, -0.25) is 0 Å². The highest BCUT2D eigenvalue weighted by Crippen LogP contribution is 2.24. The fraction of sp³-hybridized carbons (Fsp3) is 0.273. The minimum atomic E-state index is 0.996. The SMILES string of the molecule is Cc1cc2occc2c(C)c1C. The van der Waals surface area contributed by atoms with Crippen LogP contribution in [0.2, 0.25) is 0 Å². The maximum atomic E-state index is 5.33. The summed E-state index contributed by atoms with van der Waals surface area (Å²) in [4.78, 5) is 0. The number of hydrogen-bond acceptors (Lipinski definition) is 1. The Labute approximate surface area is 72.0 Å². The summed E-state index contributed by atoms with van der Waals surface area (Å²) >= 11 is 0. The second-order valence-electron chi connectivity index (χ2n) is 3.28. The molecule has 0 aliphatic heterocycles. The van der Waals surface area contributed by atoms with Crippen molar-refractivity contribution in [2.75, 3.05) is 0 Å². The first-order valence-electron chi connectivity index (χ1n) is 4.14. The molecule has 2 aromatic rings. The lowest BCUT2D eigenvalue weighted by molar-refractivity contribution is 0.615. The summed E-state index contributed by atoms with van der Waals surface area (Å²) in [6.45, 7) is 6.40. The standard InChI is InChI=1S/C11H12O/c1-7-6-11-10(4-5-12-11)9(3)8(7)2/h4-6H,1-3H3. The Hall–Kier alpha value is -1.24. The number of rotatable bonds is 0. The monoisotopic (exact) mass is 160 g/mol. The van der Waals surface area contributed by atoms with E-state index in [2.05, 4.69) is 26.8 Å². The lowest BCUT2D eigenvalue weighted by Crippen LogP contribution is -1.85. The molecule has 0 N–H and O–H groups in total. The molecule has 62 valence electrons. The van der Waals surface area contributed by atoms with Crippen molar-refractivity contribution < 1.29 is 4.42 Å². The third-order valence-electron chi connectivity index (χ3n) is 2.60. The molecule has 1 aromatic heterocycles. The zero-order chi connectivity index (χ0) is 8.72. The van der Waals surface area contributed by atoms with E-state index >= 15 is 0 Å². The third kappa shape index (κ3) is 0.860. The quantitative estimate of drug-likeness (QED) is 0.576. The van der Waals surface area contributed by atoms with Crippen LogP contribution in [0.4, 0.5) is 0 Å². The van der Waals surface area contributed by atoms with Crippen molar-refractivity contribution in [3.05, 3.63) is 35.1 Å². The minimum Gasteiger partial charge on any atom is -0.464 e. The Kier molecular flexibility index (Phi) is 1.47. The van der Waals surface area contributed by atoms with Crippen LogP contribution < -0.4 is 0 Å². The summed E-state index contributed by atoms with van der Waals surface area (Å²) in [5.74, 6) is 0. The highest BCUT2D eigenvalue weighted by atomic mass is 16.3. The first kappa shape index (κ1) is 7.41. The summed E-state index contributed by atoms with van der Waals surface area (Å²) in [7, 11) is 0. The lowest BCUT2D eigenvalue weighted by atomic mass is 10.0. The van der Waals surface area contributed by atoms with E-state index in [0.29, 0.717) is 0 Å². The normalized spacial score (nSPS) is 10.9. The number of hydrogen-bond donors (Lipinski definition) is 0. The molecular formula is C11H12O. The van der Waals surface area contributed by atoms with Crippen molar-refractivity contribution in [3.63, 3.8) is 0 Å². The molecule has 0 unspecified atom stereocenters. The molecular weight excluding hydrogens is 148 g/mol. The molecule has 0 saturated carbocycles. The molecule has 12 heavy (non-hydrogen) atoms. The highest BCUT2D eigenvalue weighted by molar-refractivity contribution is 5.82. The van der Waals surface area contributed by atoms with Gasteiger partial charge in [0.15, 0.2) is 0 Å². The lowest BCUT2D eigenvalue weighted by Gasteiger charge is -2.04. The van der Waals surface area contributed by atoms with Gasteiger partial charge in [-0.25, -0.2) is 0 Å². The first-order chi connectivity index (χ1) is 5.70. The van der Waals surface area contributed by atoms with E-state index in [1.54, 1.807) is 6.26 Å². The molecule has 0 bridgehead atoms. The summed E-state index contributed by atoms with van der Waals surface area (Å²) < 4.78 is 5.33. The van der Waals surface area contributed by atoms with Gasteiger partial charge in [-0.2, -0.15) is 0 Å². The van der Waals surface area contributed by atoms with E-state index in [9.17, 15) is 0 Å². The van der Waals surface area contributed by atoms with Crippen molar-refractivity contribution in [1.82, 2.24) is 0 Å². The van der Waals surface area contributed by atoms with Gasteiger partial charge in [-0.05, 0) is 49.6 Å². The largest absolute Gasteiger partial charge is 0.464 e. The van der Waals surface area contributed by atoms with Gasteiger partial charge in [0.25, 0.3) is 0 Å². The van der Waals surface area contributed by atoms with Crippen LogP contribution in [-0.2, 0) is 0 Å². The van der Waals surface area contributed by atoms with E-state index in [1.807, 2.05) is 6.07 Å². The van der Waals surface area contributed by atoms with Gasteiger partial charge in [0, 0.05) is 5.39 Å². The molecule has 0 spiro atoms. The Morgan fingerprint density at radius 1 is 1.08 bits per heavy atom. The average Bonchev–Trinajstić information content (AvgIpc) is 2.48. The fourth-order valence-corrected chi connectivity index (χ4v) is 1.55. The van der Waals surface area contributed by atoms with Gasteiger partial charge < -0.3 is 4.42 Å². The summed E-state index contributed by atoms with van der Waals surface area (Å²) in [5.41, 5.74) is 4.99. The van der Waals surface area contributed by atoms with E-state index in [0.717, 1.165) is 5.58 Å². The van der Waals surface area contributed by atoms with Gasteiger partial charge in [0.1, 0.15) is 5.58 Å². The van der Waals surface area contributed by atoms with E-state index in [4.69, 9.17) is 4.42 Å². The highest BCUT2D eigenvalue weighted by Gasteiger charge is 2.04. The molecule has 0 saturated heterocycles. The van der Waals surface area contributed by atoms with Crippen LogP contribution in [0, 0.1) is 20.8 Å². The van der Waals surface area contributed by atoms with Crippen LogP contribution in [0.15, 0.2) is 22.8 Å². The predicted octanol–water partition coefficient (Wildman–Crippen LogP) is 3.36. The molecule has 0 aliphatic rings. The Morgan fingerprint density at radius 2 is 1.83 bits per heavy atom.